The lowest BCUT2D eigenvalue weighted by Crippen LogP contribution is -2.27. The van der Waals surface area contributed by atoms with E-state index in [1.165, 1.54) is 0 Å². The molecule has 1 aromatic heterocycles. The molecule has 0 radical (unpaired) electrons. The number of carboxylic acids is 1. The van der Waals surface area contributed by atoms with Crippen LogP contribution in [0.3, 0.4) is 0 Å². The molecule has 0 aliphatic rings. The summed E-state index contributed by atoms with van der Waals surface area (Å²) in [6.07, 6.45) is 5.89. The van der Waals surface area contributed by atoms with E-state index in [0.29, 0.717) is 5.56 Å². The standard InChI is InChI=1S/C26H22N2O3/c1-18(20-10-12-22(13-11-20)26(30)31)27-25(29)23-9-5-8-21-15-17-28(24(21)23)16-14-19-6-3-2-4-7-19/h2-18H,1H3,(H,27,29)(H,30,31)/t18-/m0/s1. The van der Waals surface area contributed by atoms with E-state index in [9.17, 15) is 9.59 Å². The van der Waals surface area contributed by atoms with Gasteiger partial charge in [0, 0.05) is 17.8 Å². The Morgan fingerprint density at radius 1 is 0.935 bits per heavy atom. The number of aromatic carboxylic acids is 1. The van der Waals surface area contributed by atoms with E-state index in [4.69, 9.17) is 5.11 Å². The van der Waals surface area contributed by atoms with Crippen molar-refractivity contribution < 1.29 is 14.7 Å². The summed E-state index contributed by atoms with van der Waals surface area (Å²) in [4.78, 5) is 24.1. The maximum atomic E-state index is 13.1. The normalized spacial score (nSPS) is 12.2. The van der Waals surface area contributed by atoms with Gasteiger partial charge in [-0.25, -0.2) is 4.79 Å². The predicted molar refractivity (Wildman–Crippen MR) is 123 cm³/mol. The van der Waals surface area contributed by atoms with Crippen molar-refractivity contribution in [3.8, 4) is 0 Å². The van der Waals surface area contributed by atoms with E-state index in [1.807, 2.05) is 84.6 Å². The van der Waals surface area contributed by atoms with Crippen LogP contribution in [-0.2, 0) is 0 Å². The number of rotatable bonds is 6. The summed E-state index contributed by atoms with van der Waals surface area (Å²) in [6, 6.07) is 23.9. The Morgan fingerprint density at radius 2 is 1.68 bits per heavy atom. The number of hydrogen-bond donors (Lipinski definition) is 2. The highest BCUT2D eigenvalue weighted by molar-refractivity contribution is 6.06. The molecule has 1 heterocycles. The molecule has 3 aromatic carbocycles. The van der Waals surface area contributed by atoms with Gasteiger partial charge < -0.3 is 15.0 Å². The SMILES string of the molecule is C[C@H](NC(=O)c1cccc2ccn(C=Cc3ccccc3)c12)c1ccc(C(=O)O)cc1. The fourth-order valence-corrected chi connectivity index (χ4v) is 3.53. The number of carbonyl (C=O) groups is 2. The highest BCUT2D eigenvalue weighted by Crippen LogP contribution is 2.23. The molecule has 2 N–H and O–H groups in total. The molecule has 154 valence electrons. The molecule has 0 fully saturated rings. The third-order valence-corrected chi connectivity index (χ3v) is 5.22. The average Bonchev–Trinajstić information content (AvgIpc) is 3.21. The number of benzene rings is 3. The van der Waals surface area contributed by atoms with E-state index in [-0.39, 0.29) is 17.5 Å². The van der Waals surface area contributed by atoms with Crippen molar-refractivity contribution in [3.05, 3.63) is 107 Å². The van der Waals surface area contributed by atoms with Crippen LogP contribution in [-0.4, -0.2) is 21.6 Å². The topological polar surface area (TPSA) is 71.3 Å². The number of para-hydroxylation sites is 1. The lowest BCUT2D eigenvalue weighted by atomic mass is 10.0. The zero-order valence-electron chi connectivity index (χ0n) is 17.0. The van der Waals surface area contributed by atoms with Gasteiger partial charge in [0.2, 0.25) is 0 Å². The molecule has 0 aliphatic carbocycles. The van der Waals surface area contributed by atoms with Crippen LogP contribution in [0.15, 0.2) is 85.1 Å². The quantitative estimate of drug-likeness (QED) is 0.443. The minimum Gasteiger partial charge on any atom is -0.478 e. The highest BCUT2D eigenvalue weighted by Gasteiger charge is 2.16. The summed E-state index contributed by atoms with van der Waals surface area (Å²) in [5, 5.41) is 13.0. The summed E-state index contributed by atoms with van der Waals surface area (Å²) >= 11 is 0. The molecule has 1 amide bonds. The molecule has 0 bridgehead atoms. The third-order valence-electron chi connectivity index (χ3n) is 5.22. The van der Waals surface area contributed by atoms with Gasteiger partial charge in [-0.05, 0) is 48.4 Å². The first-order chi connectivity index (χ1) is 15.0. The summed E-state index contributed by atoms with van der Waals surface area (Å²) in [5.41, 5.74) is 3.54. The van der Waals surface area contributed by atoms with Gasteiger partial charge in [-0.2, -0.15) is 0 Å². The van der Waals surface area contributed by atoms with Crippen LogP contribution in [0, 0.1) is 0 Å². The molecular weight excluding hydrogens is 388 g/mol. The smallest absolute Gasteiger partial charge is 0.335 e. The van der Waals surface area contributed by atoms with E-state index in [0.717, 1.165) is 22.0 Å². The van der Waals surface area contributed by atoms with Crippen molar-refractivity contribution >= 4 is 35.1 Å². The van der Waals surface area contributed by atoms with Crippen LogP contribution in [0.25, 0.3) is 23.2 Å². The lowest BCUT2D eigenvalue weighted by molar-refractivity contribution is 0.0696. The molecule has 5 heteroatoms. The molecule has 1 atom stereocenters. The predicted octanol–water partition coefficient (Wildman–Crippen LogP) is 5.46. The van der Waals surface area contributed by atoms with Gasteiger partial charge in [0.1, 0.15) is 0 Å². The second kappa shape index (κ2) is 8.71. The second-order valence-corrected chi connectivity index (χ2v) is 7.32. The zero-order chi connectivity index (χ0) is 21.8. The summed E-state index contributed by atoms with van der Waals surface area (Å²) in [5.74, 6) is -1.16. The number of carboxylic acid groups (broad SMARTS) is 1. The van der Waals surface area contributed by atoms with Crippen molar-refractivity contribution in [1.82, 2.24) is 9.88 Å². The molecule has 0 unspecified atom stereocenters. The molecular formula is C26H22N2O3. The van der Waals surface area contributed by atoms with Crippen LogP contribution in [0.5, 0.6) is 0 Å². The van der Waals surface area contributed by atoms with Gasteiger partial charge >= 0.3 is 5.97 Å². The van der Waals surface area contributed by atoms with Crippen LogP contribution in [0.2, 0.25) is 0 Å². The number of aromatic nitrogens is 1. The fourth-order valence-electron chi connectivity index (χ4n) is 3.53. The van der Waals surface area contributed by atoms with Crippen LogP contribution in [0.4, 0.5) is 0 Å². The minimum atomic E-state index is -0.973. The molecule has 31 heavy (non-hydrogen) atoms. The largest absolute Gasteiger partial charge is 0.478 e. The van der Waals surface area contributed by atoms with Gasteiger partial charge in [-0.1, -0.05) is 54.6 Å². The third kappa shape index (κ3) is 4.41. The van der Waals surface area contributed by atoms with Gasteiger partial charge in [0.05, 0.1) is 22.7 Å². The maximum Gasteiger partial charge on any atom is 0.335 e. The summed E-state index contributed by atoms with van der Waals surface area (Å²) < 4.78 is 1.95. The fraction of sp³-hybridized carbons (Fsp3) is 0.0769. The van der Waals surface area contributed by atoms with Crippen molar-refractivity contribution in [2.45, 2.75) is 13.0 Å². The first-order valence-electron chi connectivity index (χ1n) is 10.00. The Labute approximate surface area is 180 Å². The van der Waals surface area contributed by atoms with Crippen molar-refractivity contribution in [2.24, 2.45) is 0 Å². The number of nitrogens with one attached hydrogen (secondary N) is 1. The zero-order valence-corrected chi connectivity index (χ0v) is 17.0. The van der Waals surface area contributed by atoms with Crippen LogP contribution >= 0.6 is 0 Å². The highest BCUT2D eigenvalue weighted by atomic mass is 16.4. The molecule has 4 aromatic rings. The van der Waals surface area contributed by atoms with Crippen LogP contribution in [0.1, 0.15) is 44.8 Å². The second-order valence-electron chi connectivity index (χ2n) is 7.32. The number of nitrogens with zero attached hydrogens (tertiary/aromatic N) is 1. The van der Waals surface area contributed by atoms with E-state index < -0.39 is 5.97 Å². The molecule has 0 aliphatic heterocycles. The Bertz CT molecular complexity index is 1260. The van der Waals surface area contributed by atoms with Crippen molar-refractivity contribution in [2.75, 3.05) is 0 Å². The van der Waals surface area contributed by atoms with E-state index >= 15 is 0 Å². The Kier molecular flexibility index (Phi) is 5.67. The number of hydrogen-bond acceptors (Lipinski definition) is 2. The summed E-state index contributed by atoms with van der Waals surface area (Å²) in [7, 11) is 0. The number of fused-ring (bicyclic) bond motifs is 1. The number of carbonyl (C=O) groups excluding carboxylic acids is 1. The average molecular weight is 410 g/mol. The van der Waals surface area contributed by atoms with E-state index in [2.05, 4.69) is 5.32 Å². The van der Waals surface area contributed by atoms with Gasteiger partial charge in [0.25, 0.3) is 5.91 Å². The van der Waals surface area contributed by atoms with Crippen molar-refractivity contribution in [1.29, 1.82) is 0 Å². The first kappa shape index (κ1) is 20.2. The molecule has 4 rings (SSSR count). The van der Waals surface area contributed by atoms with Crippen molar-refractivity contribution in [3.63, 3.8) is 0 Å². The Morgan fingerprint density at radius 3 is 2.39 bits per heavy atom. The Hall–Kier alpha value is -4.12. The lowest BCUT2D eigenvalue weighted by Gasteiger charge is -2.15. The maximum absolute atomic E-state index is 13.1. The first-order valence-corrected chi connectivity index (χ1v) is 10.00. The molecule has 0 spiro atoms. The van der Waals surface area contributed by atoms with Crippen LogP contribution < -0.4 is 5.32 Å². The molecule has 0 saturated heterocycles. The van der Waals surface area contributed by atoms with Gasteiger partial charge in [0.15, 0.2) is 0 Å². The number of amides is 1. The molecule has 0 saturated carbocycles. The van der Waals surface area contributed by atoms with E-state index in [1.54, 1.807) is 24.3 Å². The summed E-state index contributed by atoms with van der Waals surface area (Å²) in [6.45, 7) is 1.88. The molecule has 5 nitrogen and oxygen atoms in total. The van der Waals surface area contributed by atoms with Gasteiger partial charge in [-0.3, -0.25) is 4.79 Å². The minimum absolute atomic E-state index is 0.187. The monoisotopic (exact) mass is 410 g/mol. The van der Waals surface area contributed by atoms with Gasteiger partial charge in [-0.15, -0.1) is 0 Å². The Balaban J connectivity index is 1.60.